The number of para-hydroxylation sites is 2. The maximum absolute atomic E-state index is 12.5. The van der Waals surface area contributed by atoms with Crippen LogP contribution in [0, 0.1) is 0 Å². The maximum atomic E-state index is 12.5. The first kappa shape index (κ1) is 23.6. The summed E-state index contributed by atoms with van der Waals surface area (Å²) >= 11 is 5.79. The van der Waals surface area contributed by atoms with E-state index in [4.69, 9.17) is 30.5 Å². The molecule has 0 saturated carbocycles. The molecule has 0 saturated heterocycles. The normalized spacial score (nSPS) is 11.1. The molecular weight excluding hydrogens is 450 g/mol. The summed E-state index contributed by atoms with van der Waals surface area (Å²) < 4.78 is 20.5. The van der Waals surface area contributed by atoms with E-state index in [1.807, 2.05) is 6.07 Å². The van der Waals surface area contributed by atoms with E-state index in [2.05, 4.69) is 5.32 Å². The minimum atomic E-state index is -1.79. The predicted molar refractivity (Wildman–Crippen MR) is 120 cm³/mol. The van der Waals surface area contributed by atoms with Crippen molar-refractivity contribution in [2.75, 3.05) is 18.5 Å². The molecule has 170 valence electrons. The maximum Gasteiger partial charge on any atom is 0.397 e. The van der Waals surface area contributed by atoms with Crippen molar-refractivity contribution in [1.82, 2.24) is 0 Å². The van der Waals surface area contributed by atoms with Crippen LogP contribution in [-0.4, -0.2) is 37.3 Å². The van der Waals surface area contributed by atoms with Gasteiger partial charge in [0, 0.05) is 10.7 Å². The average molecular weight is 470 g/mol. The Morgan fingerprint density at radius 3 is 2.09 bits per heavy atom. The Labute approximate surface area is 195 Å². The molecule has 0 radical (unpaired) electrons. The topological polar surface area (TPSA) is 100 Å². The summed E-state index contributed by atoms with van der Waals surface area (Å²) in [5.41, 5.74) is 0.687. The highest BCUT2D eigenvalue weighted by molar-refractivity contribution is 6.30. The van der Waals surface area contributed by atoms with Crippen LogP contribution in [0.25, 0.3) is 0 Å². The standard InChI is InChI=1S/C24H20ClNO7/c25-17-11-13-19(14-12-17)30-16-22(28)32-23(29)24(31-20-9-5-2-6-10-20)33-21(27)15-26-18-7-3-1-4-8-18/h1-14,24,26H,15-16H2. The fourth-order valence-corrected chi connectivity index (χ4v) is 2.62. The van der Waals surface area contributed by atoms with E-state index in [0.717, 1.165) is 0 Å². The zero-order chi connectivity index (χ0) is 23.5. The van der Waals surface area contributed by atoms with Crippen molar-refractivity contribution in [2.45, 2.75) is 6.29 Å². The van der Waals surface area contributed by atoms with Crippen LogP contribution >= 0.6 is 11.6 Å². The number of ether oxygens (including phenoxy) is 4. The summed E-state index contributed by atoms with van der Waals surface area (Å²) in [5.74, 6) is -2.37. The third kappa shape index (κ3) is 8.19. The molecule has 3 rings (SSSR count). The highest BCUT2D eigenvalue weighted by Crippen LogP contribution is 2.16. The number of anilines is 1. The molecule has 0 spiro atoms. The molecule has 0 aliphatic rings. The van der Waals surface area contributed by atoms with Gasteiger partial charge in [-0.3, -0.25) is 4.79 Å². The van der Waals surface area contributed by atoms with Gasteiger partial charge in [0.2, 0.25) is 0 Å². The van der Waals surface area contributed by atoms with Crippen LogP contribution in [0.3, 0.4) is 0 Å². The van der Waals surface area contributed by atoms with E-state index in [1.165, 1.54) is 0 Å². The first-order valence-corrected chi connectivity index (χ1v) is 10.2. The predicted octanol–water partition coefficient (Wildman–Crippen LogP) is 3.85. The van der Waals surface area contributed by atoms with Crippen LogP contribution in [0.2, 0.25) is 5.02 Å². The summed E-state index contributed by atoms with van der Waals surface area (Å²) in [6, 6.07) is 23.4. The SMILES string of the molecule is O=C(COc1ccc(Cl)cc1)OC(=O)C(OC(=O)CNc1ccccc1)Oc1ccccc1. The fraction of sp³-hybridized carbons (Fsp3) is 0.125. The molecule has 3 aromatic carbocycles. The van der Waals surface area contributed by atoms with Gasteiger partial charge in [0.25, 0.3) is 0 Å². The molecule has 0 aromatic heterocycles. The second kappa shape index (κ2) is 12.1. The van der Waals surface area contributed by atoms with Crippen LogP contribution in [0.4, 0.5) is 5.69 Å². The lowest BCUT2D eigenvalue weighted by molar-refractivity contribution is -0.189. The van der Waals surface area contributed by atoms with Gasteiger partial charge in [-0.15, -0.1) is 0 Å². The number of rotatable bonds is 10. The Morgan fingerprint density at radius 2 is 1.42 bits per heavy atom. The summed E-state index contributed by atoms with van der Waals surface area (Å²) in [6.07, 6.45) is -1.79. The third-order valence-electron chi connectivity index (χ3n) is 4.01. The number of benzene rings is 3. The Morgan fingerprint density at radius 1 is 0.788 bits per heavy atom. The molecule has 0 aliphatic heterocycles. The number of carbonyl (C=O) groups is 3. The molecule has 9 heteroatoms. The van der Waals surface area contributed by atoms with Crippen molar-refractivity contribution in [1.29, 1.82) is 0 Å². The van der Waals surface area contributed by atoms with Crippen LogP contribution in [-0.2, 0) is 23.9 Å². The number of esters is 3. The molecule has 8 nitrogen and oxygen atoms in total. The summed E-state index contributed by atoms with van der Waals surface area (Å²) in [4.78, 5) is 36.8. The van der Waals surface area contributed by atoms with Crippen molar-refractivity contribution < 1.29 is 33.3 Å². The van der Waals surface area contributed by atoms with E-state index < -0.39 is 30.8 Å². The first-order chi connectivity index (χ1) is 16.0. The molecule has 1 atom stereocenters. The molecule has 0 heterocycles. The molecule has 0 aliphatic carbocycles. The number of nitrogens with one attached hydrogen (secondary N) is 1. The van der Waals surface area contributed by atoms with Gasteiger partial charge in [0.05, 0.1) is 0 Å². The van der Waals surface area contributed by atoms with E-state index in [1.54, 1.807) is 78.9 Å². The van der Waals surface area contributed by atoms with E-state index >= 15 is 0 Å². The third-order valence-corrected chi connectivity index (χ3v) is 4.26. The van der Waals surface area contributed by atoms with Crippen molar-refractivity contribution >= 4 is 35.2 Å². The number of halogens is 1. The molecule has 0 bridgehead atoms. The smallest absolute Gasteiger partial charge is 0.397 e. The zero-order valence-corrected chi connectivity index (χ0v) is 18.1. The van der Waals surface area contributed by atoms with Gasteiger partial charge in [-0.2, -0.15) is 0 Å². The minimum absolute atomic E-state index is 0.237. The minimum Gasteiger partial charge on any atom is -0.482 e. The van der Waals surface area contributed by atoms with Crippen molar-refractivity contribution in [3.8, 4) is 11.5 Å². The van der Waals surface area contributed by atoms with Crippen LogP contribution in [0.5, 0.6) is 11.5 Å². The van der Waals surface area contributed by atoms with Crippen molar-refractivity contribution in [2.24, 2.45) is 0 Å². The number of carbonyl (C=O) groups excluding carboxylic acids is 3. The fourth-order valence-electron chi connectivity index (χ4n) is 2.50. The monoisotopic (exact) mass is 469 g/mol. The lowest BCUT2D eigenvalue weighted by Crippen LogP contribution is -2.38. The highest BCUT2D eigenvalue weighted by atomic mass is 35.5. The largest absolute Gasteiger partial charge is 0.482 e. The Balaban J connectivity index is 1.57. The second-order valence-electron chi connectivity index (χ2n) is 6.51. The molecule has 1 unspecified atom stereocenters. The van der Waals surface area contributed by atoms with Crippen molar-refractivity contribution in [3.05, 3.63) is 90.0 Å². The molecule has 33 heavy (non-hydrogen) atoms. The Bertz CT molecular complexity index is 1060. The zero-order valence-electron chi connectivity index (χ0n) is 17.3. The average Bonchev–Trinajstić information content (AvgIpc) is 2.83. The van der Waals surface area contributed by atoms with Crippen LogP contribution in [0.15, 0.2) is 84.9 Å². The summed E-state index contributed by atoms with van der Waals surface area (Å²) in [5, 5.41) is 3.36. The molecule has 0 fully saturated rings. The van der Waals surface area contributed by atoms with E-state index in [9.17, 15) is 14.4 Å². The van der Waals surface area contributed by atoms with E-state index in [0.29, 0.717) is 16.5 Å². The van der Waals surface area contributed by atoms with Crippen molar-refractivity contribution in [3.63, 3.8) is 0 Å². The quantitative estimate of drug-likeness (QED) is 0.271. The van der Waals surface area contributed by atoms with E-state index in [-0.39, 0.29) is 12.3 Å². The first-order valence-electron chi connectivity index (χ1n) is 9.82. The summed E-state index contributed by atoms with van der Waals surface area (Å²) in [6.45, 7) is -0.783. The highest BCUT2D eigenvalue weighted by Gasteiger charge is 2.29. The van der Waals surface area contributed by atoms with Gasteiger partial charge in [-0.25, -0.2) is 9.59 Å². The van der Waals surface area contributed by atoms with Gasteiger partial charge in [-0.05, 0) is 48.5 Å². The molecule has 0 amide bonds. The van der Waals surface area contributed by atoms with Crippen LogP contribution < -0.4 is 14.8 Å². The van der Waals surface area contributed by atoms with Gasteiger partial charge < -0.3 is 24.3 Å². The second-order valence-corrected chi connectivity index (χ2v) is 6.94. The Kier molecular flexibility index (Phi) is 8.67. The van der Waals surface area contributed by atoms with Gasteiger partial charge in [-0.1, -0.05) is 48.0 Å². The molecule has 3 aromatic rings. The Hall–Kier alpha value is -4.04. The van der Waals surface area contributed by atoms with Gasteiger partial charge >= 0.3 is 24.2 Å². The lowest BCUT2D eigenvalue weighted by atomic mass is 10.3. The van der Waals surface area contributed by atoms with Gasteiger partial charge in [0.1, 0.15) is 18.0 Å². The number of hydrogen-bond acceptors (Lipinski definition) is 8. The molecule has 1 N–H and O–H groups in total. The number of hydrogen-bond donors (Lipinski definition) is 1. The molecular formula is C24H20ClNO7. The van der Waals surface area contributed by atoms with Crippen LogP contribution in [0.1, 0.15) is 0 Å². The summed E-state index contributed by atoms with van der Waals surface area (Å²) in [7, 11) is 0. The lowest BCUT2D eigenvalue weighted by Gasteiger charge is -2.18. The van der Waals surface area contributed by atoms with Gasteiger partial charge in [0.15, 0.2) is 6.61 Å².